The van der Waals surface area contributed by atoms with Crippen molar-refractivity contribution in [1.29, 1.82) is 0 Å². The quantitative estimate of drug-likeness (QED) is 0.751. The second-order valence-corrected chi connectivity index (χ2v) is 4.85. The van der Waals surface area contributed by atoms with Gasteiger partial charge in [0.2, 0.25) is 0 Å². The van der Waals surface area contributed by atoms with Crippen molar-refractivity contribution in [3.05, 3.63) is 23.9 Å². The number of nitrogens with zero attached hydrogens (tertiary/aromatic N) is 2. The molecule has 0 saturated carbocycles. The van der Waals surface area contributed by atoms with Crippen molar-refractivity contribution in [2.45, 2.75) is 19.4 Å². The second kappa shape index (κ2) is 6.51. The van der Waals surface area contributed by atoms with Crippen molar-refractivity contribution < 1.29 is 0 Å². The fourth-order valence-corrected chi connectivity index (χ4v) is 1.54. The van der Waals surface area contributed by atoms with Crippen molar-refractivity contribution in [3.8, 4) is 0 Å². The molecular formula is C12H20N4S. The standard InChI is InChI=1S/C12H20N4S/c1-9(7-8-16(2)3)14-11-6-4-5-10(15-11)12(13)17/h4-6,9H,7-8H2,1-3H3,(H2,13,17)(H,14,15). The minimum absolute atomic E-state index is 0.328. The zero-order valence-corrected chi connectivity index (χ0v) is 11.4. The molecular weight excluding hydrogens is 232 g/mol. The van der Waals surface area contributed by atoms with Gasteiger partial charge in [-0.05, 0) is 46.1 Å². The van der Waals surface area contributed by atoms with E-state index in [1.165, 1.54) is 0 Å². The first-order valence-electron chi connectivity index (χ1n) is 5.67. The van der Waals surface area contributed by atoms with E-state index in [0.29, 0.717) is 16.7 Å². The van der Waals surface area contributed by atoms with Gasteiger partial charge in [0, 0.05) is 6.04 Å². The number of thiocarbonyl (C=S) groups is 1. The van der Waals surface area contributed by atoms with Crippen LogP contribution in [0.2, 0.25) is 0 Å². The van der Waals surface area contributed by atoms with E-state index in [9.17, 15) is 0 Å². The van der Waals surface area contributed by atoms with E-state index in [1.807, 2.05) is 18.2 Å². The molecule has 0 bridgehead atoms. The van der Waals surface area contributed by atoms with Gasteiger partial charge in [0.15, 0.2) is 0 Å². The molecule has 0 aliphatic carbocycles. The molecule has 17 heavy (non-hydrogen) atoms. The van der Waals surface area contributed by atoms with Crippen molar-refractivity contribution >= 4 is 23.0 Å². The Morgan fingerprint density at radius 2 is 2.24 bits per heavy atom. The van der Waals surface area contributed by atoms with Crippen LogP contribution >= 0.6 is 12.2 Å². The van der Waals surface area contributed by atoms with Gasteiger partial charge in [-0.15, -0.1) is 0 Å². The lowest BCUT2D eigenvalue weighted by atomic mass is 10.2. The Bertz CT molecular complexity index is 379. The predicted octanol–water partition coefficient (Wildman–Crippen LogP) is 1.47. The zero-order valence-electron chi connectivity index (χ0n) is 10.6. The van der Waals surface area contributed by atoms with Crippen LogP contribution in [0.5, 0.6) is 0 Å². The molecule has 1 atom stereocenters. The van der Waals surface area contributed by atoms with E-state index < -0.39 is 0 Å². The Labute approximate surface area is 108 Å². The molecule has 1 rings (SSSR count). The minimum atomic E-state index is 0.328. The summed E-state index contributed by atoms with van der Waals surface area (Å²) >= 11 is 4.90. The summed E-state index contributed by atoms with van der Waals surface area (Å²) < 4.78 is 0. The van der Waals surface area contributed by atoms with E-state index in [2.05, 4.69) is 36.2 Å². The van der Waals surface area contributed by atoms with Crippen LogP contribution in [0.25, 0.3) is 0 Å². The summed E-state index contributed by atoms with van der Waals surface area (Å²) in [7, 11) is 4.14. The Hall–Kier alpha value is -1.20. The highest BCUT2D eigenvalue weighted by Crippen LogP contribution is 2.08. The number of aromatic nitrogens is 1. The molecule has 5 heteroatoms. The maximum Gasteiger partial charge on any atom is 0.126 e. The maximum absolute atomic E-state index is 5.55. The molecule has 3 N–H and O–H groups in total. The highest BCUT2D eigenvalue weighted by Gasteiger charge is 2.05. The Morgan fingerprint density at radius 1 is 1.53 bits per heavy atom. The number of anilines is 1. The molecule has 1 unspecified atom stereocenters. The summed E-state index contributed by atoms with van der Waals surface area (Å²) in [6.07, 6.45) is 1.06. The van der Waals surface area contributed by atoms with E-state index in [4.69, 9.17) is 18.0 Å². The molecule has 4 nitrogen and oxygen atoms in total. The van der Waals surface area contributed by atoms with Crippen LogP contribution < -0.4 is 11.1 Å². The summed E-state index contributed by atoms with van der Waals surface area (Å²) in [5.41, 5.74) is 6.20. The number of nitrogens with one attached hydrogen (secondary N) is 1. The molecule has 1 heterocycles. The molecule has 0 aliphatic rings. The molecule has 1 aromatic rings. The van der Waals surface area contributed by atoms with Crippen LogP contribution in [-0.4, -0.2) is 41.6 Å². The summed E-state index contributed by atoms with van der Waals surface area (Å²) in [6, 6.07) is 6.01. The summed E-state index contributed by atoms with van der Waals surface area (Å²) in [4.78, 5) is 6.84. The van der Waals surface area contributed by atoms with Crippen LogP contribution in [0.3, 0.4) is 0 Å². The fourth-order valence-electron chi connectivity index (χ4n) is 1.43. The van der Waals surface area contributed by atoms with Gasteiger partial charge in [-0.1, -0.05) is 18.3 Å². The van der Waals surface area contributed by atoms with Crippen LogP contribution in [0.1, 0.15) is 19.0 Å². The summed E-state index contributed by atoms with van der Waals surface area (Å²) in [5, 5.41) is 3.34. The first-order chi connectivity index (χ1) is 7.99. The van der Waals surface area contributed by atoms with Crippen molar-refractivity contribution in [2.75, 3.05) is 26.0 Å². The molecule has 0 radical (unpaired) electrons. The lowest BCUT2D eigenvalue weighted by molar-refractivity contribution is 0.390. The Morgan fingerprint density at radius 3 is 2.82 bits per heavy atom. The maximum atomic E-state index is 5.55. The number of pyridine rings is 1. The van der Waals surface area contributed by atoms with Crippen LogP contribution in [-0.2, 0) is 0 Å². The number of hydrogen-bond acceptors (Lipinski definition) is 4. The highest BCUT2D eigenvalue weighted by molar-refractivity contribution is 7.80. The van der Waals surface area contributed by atoms with Gasteiger partial charge in [-0.2, -0.15) is 0 Å². The van der Waals surface area contributed by atoms with E-state index >= 15 is 0 Å². The van der Waals surface area contributed by atoms with E-state index in [0.717, 1.165) is 18.8 Å². The summed E-state index contributed by atoms with van der Waals surface area (Å²) in [5.74, 6) is 0.821. The molecule has 0 spiro atoms. The molecule has 0 aromatic carbocycles. The molecule has 1 aromatic heterocycles. The van der Waals surface area contributed by atoms with Gasteiger partial charge >= 0.3 is 0 Å². The van der Waals surface area contributed by atoms with E-state index in [1.54, 1.807) is 0 Å². The largest absolute Gasteiger partial charge is 0.388 e. The van der Waals surface area contributed by atoms with Crippen molar-refractivity contribution in [3.63, 3.8) is 0 Å². The molecule has 0 aliphatic heterocycles. The molecule has 94 valence electrons. The third-order valence-electron chi connectivity index (χ3n) is 2.41. The topological polar surface area (TPSA) is 54.2 Å². The lowest BCUT2D eigenvalue weighted by Crippen LogP contribution is -2.23. The van der Waals surface area contributed by atoms with Crippen LogP contribution in [0, 0.1) is 0 Å². The fraction of sp³-hybridized carbons (Fsp3) is 0.500. The lowest BCUT2D eigenvalue weighted by Gasteiger charge is -2.17. The molecule has 0 fully saturated rings. The number of hydrogen-bond donors (Lipinski definition) is 2. The predicted molar refractivity (Wildman–Crippen MR) is 76.4 cm³/mol. The first-order valence-corrected chi connectivity index (χ1v) is 6.08. The Balaban J connectivity index is 2.56. The average Bonchev–Trinajstić information content (AvgIpc) is 2.26. The van der Waals surface area contributed by atoms with Crippen LogP contribution in [0.15, 0.2) is 18.2 Å². The zero-order chi connectivity index (χ0) is 12.8. The van der Waals surface area contributed by atoms with Gasteiger partial charge < -0.3 is 16.0 Å². The molecule has 0 amide bonds. The minimum Gasteiger partial charge on any atom is -0.388 e. The normalized spacial score (nSPS) is 12.5. The first kappa shape index (κ1) is 13.9. The average molecular weight is 252 g/mol. The van der Waals surface area contributed by atoms with Gasteiger partial charge in [-0.3, -0.25) is 0 Å². The number of nitrogens with two attached hydrogens (primary N) is 1. The summed E-state index contributed by atoms with van der Waals surface area (Å²) in [6.45, 7) is 3.18. The van der Waals surface area contributed by atoms with Gasteiger partial charge in [-0.25, -0.2) is 4.98 Å². The monoisotopic (exact) mass is 252 g/mol. The van der Waals surface area contributed by atoms with Crippen LogP contribution in [0.4, 0.5) is 5.82 Å². The van der Waals surface area contributed by atoms with Gasteiger partial charge in [0.1, 0.15) is 10.8 Å². The number of rotatable bonds is 6. The van der Waals surface area contributed by atoms with Gasteiger partial charge in [0.25, 0.3) is 0 Å². The van der Waals surface area contributed by atoms with E-state index in [-0.39, 0.29) is 0 Å². The third-order valence-corrected chi connectivity index (χ3v) is 2.61. The SMILES string of the molecule is CC(CCN(C)C)Nc1cccc(C(N)=S)n1. The second-order valence-electron chi connectivity index (χ2n) is 4.41. The van der Waals surface area contributed by atoms with Crippen molar-refractivity contribution in [1.82, 2.24) is 9.88 Å². The Kier molecular flexibility index (Phi) is 5.31. The molecule has 0 saturated heterocycles. The highest BCUT2D eigenvalue weighted by atomic mass is 32.1. The van der Waals surface area contributed by atoms with Gasteiger partial charge in [0.05, 0.1) is 5.69 Å². The third kappa shape index (κ3) is 5.10. The smallest absolute Gasteiger partial charge is 0.126 e. The van der Waals surface area contributed by atoms with Crippen molar-refractivity contribution in [2.24, 2.45) is 5.73 Å².